The minimum Gasteiger partial charge on any atom is -0.493 e. The van der Waals surface area contributed by atoms with Gasteiger partial charge in [-0.2, -0.15) is 5.01 Å². The number of hydrogen-bond donors (Lipinski definition) is 2. The maximum Gasteiger partial charge on any atom is 0.285 e. The summed E-state index contributed by atoms with van der Waals surface area (Å²) in [6.07, 6.45) is 1.63. The summed E-state index contributed by atoms with van der Waals surface area (Å²) in [7, 11) is 1.48. The van der Waals surface area contributed by atoms with Crippen molar-refractivity contribution < 1.29 is 23.9 Å². The minimum atomic E-state index is -0.492. The average molecular weight is 596 g/mol. The molecular formula is C29H26ClN3O5S2. The molecule has 2 N–H and O–H groups in total. The van der Waals surface area contributed by atoms with Gasteiger partial charge in [0.2, 0.25) is 0 Å². The number of benzene rings is 3. The molecule has 3 aromatic carbocycles. The smallest absolute Gasteiger partial charge is 0.285 e. The van der Waals surface area contributed by atoms with Crippen LogP contribution in [0.3, 0.4) is 0 Å². The Labute approximate surface area is 246 Å². The molecule has 4 rings (SSSR count). The van der Waals surface area contributed by atoms with Crippen LogP contribution in [0.5, 0.6) is 11.5 Å². The molecule has 1 saturated heterocycles. The van der Waals surface area contributed by atoms with Crippen LogP contribution in [-0.4, -0.2) is 40.8 Å². The highest BCUT2D eigenvalue weighted by molar-refractivity contribution is 8.26. The number of halogens is 1. The fourth-order valence-corrected chi connectivity index (χ4v) is 5.13. The second kappa shape index (κ2) is 13.0. The van der Waals surface area contributed by atoms with Gasteiger partial charge in [-0.15, -0.1) is 0 Å². The van der Waals surface area contributed by atoms with Crippen molar-refractivity contribution in [3.63, 3.8) is 0 Å². The molecule has 0 unspecified atom stereocenters. The standard InChI is InChI=1S/C29H26ClN3O5S2/c1-17(2)21-6-4-5-7-22(21)31-26(34)16-38-23-13-8-18(14-24(23)37-3)15-25-28(36)33(29(39)40-25)32-27(35)19-9-11-20(30)12-10-19/h4-15,17H,16H2,1-3H3,(H,31,34)(H,32,35)/b25-15-. The Morgan fingerprint density at radius 3 is 2.50 bits per heavy atom. The van der Waals surface area contributed by atoms with E-state index in [-0.39, 0.29) is 22.8 Å². The van der Waals surface area contributed by atoms with Crippen molar-refractivity contribution in [3.05, 3.63) is 93.3 Å². The molecule has 40 heavy (non-hydrogen) atoms. The summed E-state index contributed by atoms with van der Waals surface area (Å²) in [5.74, 6) is -0.247. The highest BCUT2D eigenvalue weighted by atomic mass is 35.5. The topological polar surface area (TPSA) is 97.0 Å². The number of anilines is 1. The quantitative estimate of drug-likeness (QED) is 0.230. The SMILES string of the molecule is COc1cc(/C=C2\SC(=S)N(NC(=O)c3ccc(Cl)cc3)C2=O)ccc1OCC(=O)Nc1ccccc1C(C)C. The molecule has 1 fully saturated rings. The van der Waals surface area contributed by atoms with Crippen LogP contribution < -0.4 is 20.2 Å². The van der Waals surface area contributed by atoms with E-state index >= 15 is 0 Å². The summed E-state index contributed by atoms with van der Waals surface area (Å²) in [4.78, 5) is 38.4. The number of thioether (sulfide) groups is 1. The number of nitrogens with zero attached hydrogens (tertiary/aromatic N) is 1. The van der Waals surface area contributed by atoms with Crippen molar-refractivity contribution in [1.29, 1.82) is 0 Å². The van der Waals surface area contributed by atoms with Gasteiger partial charge in [0.1, 0.15) is 0 Å². The molecular weight excluding hydrogens is 570 g/mol. The van der Waals surface area contributed by atoms with E-state index in [0.29, 0.717) is 32.6 Å². The Hall–Kier alpha value is -3.86. The lowest BCUT2D eigenvalue weighted by atomic mass is 10.0. The number of ether oxygens (including phenoxy) is 2. The first-order valence-electron chi connectivity index (χ1n) is 12.2. The van der Waals surface area contributed by atoms with E-state index in [9.17, 15) is 14.4 Å². The molecule has 1 aliphatic rings. The second-order valence-corrected chi connectivity index (χ2v) is 11.1. The van der Waals surface area contributed by atoms with Crippen LogP contribution in [0.2, 0.25) is 5.02 Å². The third-order valence-electron chi connectivity index (χ3n) is 5.81. The molecule has 206 valence electrons. The van der Waals surface area contributed by atoms with Gasteiger partial charge >= 0.3 is 0 Å². The van der Waals surface area contributed by atoms with Crippen molar-refractivity contribution in [3.8, 4) is 11.5 Å². The molecule has 3 aromatic rings. The minimum absolute atomic E-state index is 0.190. The zero-order chi connectivity index (χ0) is 28.8. The summed E-state index contributed by atoms with van der Waals surface area (Å²) in [6.45, 7) is 3.90. The number of carbonyl (C=O) groups excluding carboxylic acids is 3. The molecule has 0 spiro atoms. The van der Waals surface area contributed by atoms with Gasteiger partial charge in [0.15, 0.2) is 22.4 Å². The Bertz CT molecular complexity index is 1490. The van der Waals surface area contributed by atoms with Gasteiger partial charge in [-0.3, -0.25) is 19.8 Å². The van der Waals surface area contributed by atoms with E-state index in [2.05, 4.69) is 24.6 Å². The fourth-order valence-electron chi connectivity index (χ4n) is 3.82. The van der Waals surface area contributed by atoms with E-state index in [1.165, 1.54) is 7.11 Å². The van der Waals surface area contributed by atoms with Gasteiger partial charge in [-0.25, -0.2) is 0 Å². The number of hydrogen-bond acceptors (Lipinski definition) is 7. The van der Waals surface area contributed by atoms with Crippen molar-refractivity contribution in [2.75, 3.05) is 19.0 Å². The number of thiocarbonyl (C=S) groups is 1. The van der Waals surface area contributed by atoms with Gasteiger partial charge in [0.05, 0.1) is 12.0 Å². The van der Waals surface area contributed by atoms with Crippen molar-refractivity contribution in [2.45, 2.75) is 19.8 Å². The summed E-state index contributed by atoms with van der Waals surface area (Å²) in [5.41, 5.74) is 5.29. The first-order chi connectivity index (χ1) is 19.2. The number of methoxy groups -OCH3 is 1. The largest absolute Gasteiger partial charge is 0.493 e. The van der Waals surface area contributed by atoms with E-state index in [4.69, 9.17) is 33.3 Å². The number of nitrogens with one attached hydrogen (secondary N) is 2. The lowest BCUT2D eigenvalue weighted by Gasteiger charge is -2.15. The second-order valence-electron chi connectivity index (χ2n) is 8.95. The number of hydrazine groups is 1. The van der Waals surface area contributed by atoms with Gasteiger partial charge in [-0.1, -0.05) is 61.5 Å². The number of rotatable bonds is 9. The van der Waals surface area contributed by atoms with Crippen LogP contribution in [0, 0.1) is 0 Å². The van der Waals surface area contributed by atoms with Crippen LogP contribution in [0.15, 0.2) is 71.6 Å². The van der Waals surface area contributed by atoms with E-state index in [1.807, 2.05) is 24.3 Å². The van der Waals surface area contributed by atoms with Gasteiger partial charge < -0.3 is 14.8 Å². The first kappa shape index (κ1) is 29.1. The van der Waals surface area contributed by atoms with Crippen LogP contribution in [-0.2, 0) is 9.59 Å². The van der Waals surface area contributed by atoms with Crippen LogP contribution >= 0.6 is 35.6 Å². The van der Waals surface area contributed by atoms with Crippen molar-refractivity contribution in [2.24, 2.45) is 0 Å². The maximum atomic E-state index is 13.0. The fraction of sp³-hybridized carbons (Fsp3) is 0.172. The summed E-state index contributed by atoms with van der Waals surface area (Å²) in [6, 6.07) is 19.0. The Morgan fingerprint density at radius 1 is 1.07 bits per heavy atom. The van der Waals surface area contributed by atoms with Crippen molar-refractivity contribution in [1.82, 2.24) is 10.4 Å². The number of para-hydroxylation sites is 1. The number of amides is 3. The zero-order valence-corrected chi connectivity index (χ0v) is 24.3. The van der Waals surface area contributed by atoms with Gasteiger partial charge in [-0.05, 0) is 77.8 Å². The molecule has 3 amide bonds. The number of carbonyl (C=O) groups is 3. The van der Waals surface area contributed by atoms with Crippen LogP contribution in [0.25, 0.3) is 6.08 Å². The molecule has 0 saturated carbocycles. The molecule has 1 heterocycles. The normalized spacial score (nSPS) is 14.0. The monoisotopic (exact) mass is 595 g/mol. The lowest BCUT2D eigenvalue weighted by molar-refractivity contribution is -0.123. The lowest BCUT2D eigenvalue weighted by Crippen LogP contribution is -2.44. The predicted molar refractivity (Wildman–Crippen MR) is 162 cm³/mol. The Kier molecular flexibility index (Phi) is 9.46. The molecule has 0 atom stereocenters. The molecule has 0 radical (unpaired) electrons. The third kappa shape index (κ3) is 7.01. The zero-order valence-electron chi connectivity index (χ0n) is 21.9. The Morgan fingerprint density at radius 2 is 1.80 bits per heavy atom. The summed E-state index contributed by atoms with van der Waals surface area (Å²) < 4.78 is 11.4. The van der Waals surface area contributed by atoms with Crippen LogP contribution in [0.4, 0.5) is 5.69 Å². The van der Waals surface area contributed by atoms with E-state index < -0.39 is 11.8 Å². The van der Waals surface area contributed by atoms with E-state index in [0.717, 1.165) is 28.0 Å². The third-order valence-corrected chi connectivity index (χ3v) is 7.37. The highest BCUT2D eigenvalue weighted by Crippen LogP contribution is 2.34. The van der Waals surface area contributed by atoms with Crippen LogP contribution in [0.1, 0.15) is 41.3 Å². The summed E-state index contributed by atoms with van der Waals surface area (Å²) in [5, 5.41) is 4.42. The van der Waals surface area contributed by atoms with Crippen molar-refractivity contribution >= 4 is 69.4 Å². The van der Waals surface area contributed by atoms with Gasteiger partial charge in [0.25, 0.3) is 17.7 Å². The maximum absolute atomic E-state index is 13.0. The Balaban J connectivity index is 1.41. The van der Waals surface area contributed by atoms with Gasteiger partial charge in [0, 0.05) is 16.3 Å². The molecule has 0 aliphatic carbocycles. The molecule has 8 nitrogen and oxygen atoms in total. The predicted octanol–water partition coefficient (Wildman–Crippen LogP) is 6.04. The summed E-state index contributed by atoms with van der Waals surface area (Å²) >= 11 is 12.2. The average Bonchev–Trinajstić information content (AvgIpc) is 3.19. The molecule has 11 heteroatoms. The molecule has 0 aromatic heterocycles. The molecule has 0 bridgehead atoms. The highest BCUT2D eigenvalue weighted by Gasteiger charge is 2.34. The van der Waals surface area contributed by atoms with E-state index in [1.54, 1.807) is 48.5 Å². The molecule has 1 aliphatic heterocycles. The first-order valence-corrected chi connectivity index (χ1v) is 13.8.